The second kappa shape index (κ2) is 5.50. The molecule has 0 saturated heterocycles. The van der Waals surface area contributed by atoms with Gasteiger partial charge in [0.2, 0.25) is 0 Å². The maximum absolute atomic E-state index is 11.8. The Bertz CT molecular complexity index is 530. The zero-order valence-electron chi connectivity index (χ0n) is 10.1. The Morgan fingerprint density at radius 3 is 3.06 bits per heavy atom. The molecule has 1 amide bonds. The molecule has 0 fully saturated rings. The van der Waals surface area contributed by atoms with Crippen molar-refractivity contribution in [1.29, 1.82) is 0 Å². The van der Waals surface area contributed by atoms with Gasteiger partial charge in [0.1, 0.15) is 5.76 Å². The Balaban J connectivity index is 2.01. The van der Waals surface area contributed by atoms with Gasteiger partial charge in [-0.25, -0.2) is 0 Å². The molecule has 0 aliphatic rings. The van der Waals surface area contributed by atoms with Crippen LogP contribution < -0.4 is 5.32 Å². The number of aromatic nitrogens is 2. The maximum atomic E-state index is 11.8. The van der Waals surface area contributed by atoms with Crippen LogP contribution in [0.5, 0.6) is 0 Å². The molecule has 6 nitrogen and oxygen atoms in total. The summed E-state index contributed by atoms with van der Waals surface area (Å²) in [6.45, 7) is 2.36. The van der Waals surface area contributed by atoms with Crippen molar-refractivity contribution in [3.63, 3.8) is 0 Å². The van der Waals surface area contributed by atoms with Crippen LogP contribution in [0.1, 0.15) is 23.2 Å². The molecule has 0 radical (unpaired) electrons. The van der Waals surface area contributed by atoms with Gasteiger partial charge in [-0.1, -0.05) is 6.92 Å². The van der Waals surface area contributed by atoms with Crippen LogP contribution in [-0.4, -0.2) is 27.4 Å². The average molecular weight is 249 g/mol. The standard InChI is InChI=1S/C12H15N3O3/c1-2-10-3-4-11(18-10)12(17)14-9-7-13-15(8-9)5-6-16/h3-4,7-8,16H,2,5-6H2,1H3,(H,14,17). The molecule has 0 aliphatic carbocycles. The first-order valence-corrected chi connectivity index (χ1v) is 5.76. The number of nitrogens with zero attached hydrogens (tertiary/aromatic N) is 2. The summed E-state index contributed by atoms with van der Waals surface area (Å²) in [6, 6.07) is 3.43. The number of nitrogens with one attached hydrogen (secondary N) is 1. The Kier molecular flexibility index (Phi) is 3.78. The second-order valence-corrected chi connectivity index (χ2v) is 3.79. The van der Waals surface area contributed by atoms with E-state index in [1.807, 2.05) is 6.92 Å². The molecule has 2 aromatic rings. The lowest BCUT2D eigenvalue weighted by molar-refractivity contribution is 0.0995. The van der Waals surface area contributed by atoms with Crippen LogP contribution in [0.15, 0.2) is 28.9 Å². The normalized spacial score (nSPS) is 10.6. The molecule has 0 spiro atoms. The number of carbonyl (C=O) groups excluding carboxylic acids is 1. The molecule has 6 heteroatoms. The third-order valence-corrected chi connectivity index (χ3v) is 2.45. The molecule has 2 rings (SSSR count). The van der Waals surface area contributed by atoms with Crippen LogP contribution in [-0.2, 0) is 13.0 Å². The highest BCUT2D eigenvalue weighted by molar-refractivity contribution is 6.02. The quantitative estimate of drug-likeness (QED) is 0.836. The summed E-state index contributed by atoms with van der Waals surface area (Å²) in [5.41, 5.74) is 0.572. The number of anilines is 1. The minimum Gasteiger partial charge on any atom is -0.456 e. The first-order valence-electron chi connectivity index (χ1n) is 5.76. The van der Waals surface area contributed by atoms with Gasteiger partial charge < -0.3 is 14.8 Å². The van der Waals surface area contributed by atoms with Crippen molar-refractivity contribution in [3.8, 4) is 0 Å². The number of hydrogen-bond donors (Lipinski definition) is 2. The molecule has 2 aromatic heterocycles. The smallest absolute Gasteiger partial charge is 0.291 e. The fraction of sp³-hybridized carbons (Fsp3) is 0.333. The summed E-state index contributed by atoms with van der Waals surface area (Å²) in [4.78, 5) is 11.8. The van der Waals surface area contributed by atoms with Crippen molar-refractivity contribution in [1.82, 2.24) is 9.78 Å². The van der Waals surface area contributed by atoms with Crippen LogP contribution in [0.3, 0.4) is 0 Å². The van der Waals surface area contributed by atoms with Crippen LogP contribution in [0, 0.1) is 0 Å². The first-order chi connectivity index (χ1) is 8.72. The Hall–Kier alpha value is -2.08. The minimum atomic E-state index is -0.307. The highest BCUT2D eigenvalue weighted by Crippen LogP contribution is 2.12. The molecule has 96 valence electrons. The van der Waals surface area contributed by atoms with Gasteiger partial charge in [-0.2, -0.15) is 5.10 Å². The van der Waals surface area contributed by atoms with Crippen molar-refractivity contribution >= 4 is 11.6 Å². The van der Waals surface area contributed by atoms with E-state index in [9.17, 15) is 4.79 Å². The van der Waals surface area contributed by atoms with E-state index in [0.717, 1.165) is 12.2 Å². The molecule has 2 N–H and O–H groups in total. The number of carbonyl (C=O) groups is 1. The lowest BCUT2D eigenvalue weighted by Gasteiger charge is -1.99. The molecule has 0 aliphatic heterocycles. The number of hydrogen-bond acceptors (Lipinski definition) is 4. The van der Waals surface area contributed by atoms with Gasteiger partial charge in [-0.05, 0) is 12.1 Å². The van der Waals surface area contributed by atoms with E-state index in [4.69, 9.17) is 9.52 Å². The van der Waals surface area contributed by atoms with Crippen molar-refractivity contribution in [2.24, 2.45) is 0 Å². The van der Waals surface area contributed by atoms with E-state index in [1.165, 1.54) is 6.20 Å². The highest BCUT2D eigenvalue weighted by Gasteiger charge is 2.11. The van der Waals surface area contributed by atoms with Crippen molar-refractivity contribution < 1.29 is 14.3 Å². The van der Waals surface area contributed by atoms with Crippen molar-refractivity contribution in [2.45, 2.75) is 19.9 Å². The van der Waals surface area contributed by atoms with E-state index in [0.29, 0.717) is 12.2 Å². The predicted molar refractivity (Wildman–Crippen MR) is 65.4 cm³/mol. The van der Waals surface area contributed by atoms with Gasteiger partial charge >= 0.3 is 0 Å². The Morgan fingerprint density at radius 1 is 1.56 bits per heavy atom. The second-order valence-electron chi connectivity index (χ2n) is 3.79. The number of aryl methyl sites for hydroxylation is 1. The monoisotopic (exact) mass is 249 g/mol. The third kappa shape index (κ3) is 2.78. The summed E-state index contributed by atoms with van der Waals surface area (Å²) < 4.78 is 6.89. The van der Waals surface area contributed by atoms with Crippen LogP contribution in [0.25, 0.3) is 0 Å². The third-order valence-electron chi connectivity index (χ3n) is 2.45. The number of rotatable bonds is 5. The topological polar surface area (TPSA) is 80.3 Å². The van der Waals surface area contributed by atoms with E-state index in [1.54, 1.807) is 23.0 Å². The minimum absolute atomic E-state index is 0.00705. The zero-order valence-corrected chi connectivity index (χ0v) is 10.1. The van der Waals surface area contributed by atoms with Crippen molar-refractivity contribution in [2.75, 3.05) is 11.9 Å². The van der Waals surface area contributed by atoms with Gasteiger partial charge in [-0.3, -0.25) is 9.48 Å². The fourth-order valence-electron chi connectivity index (χ4n) is 1.54. The SMILES string of the molecule is CCc1ccc(C(=O)Nc2cnn(CCO)c2)o1. The molecule has 0 unspecified atom stereocenters. The first kappa shape index (κ1) is 12.4. The van der Waals surface area contributed by atoms with Gasteiger partial charge in [0, 0.05) is 12.6 Å². The molecular weight excluding hydrogens is 234 g/mol. The Morgan fingerprint density at radius 2 is 2.39 bits per heavy atom. The molecule has 0 bridgehead atoms. The van der Waals surface area contributed by atoms with Gasteiger partial charge in [0.15, 0.2) is 5.76 Å². The zero-order chi connectivity index (χ0) is 13.0. The van der Waals surface area contributed by atoms with Gasteiger partial charge in [0.25, 0.3) is 5.91 Å². The van der Waals surface area contributed by atoms with Gasteiger partial charge in [0.05, 0.1) is 25.0 Å². The molecule has 0 atom stereocenters. The number of aliphatic hydroxyl groups is 1. The molecular formula is C12H15N3O3. The molecule has 0 aromatic carbocycles. The predicted octanol–water partition coefficient (Wildman–Crippen LogP) is 1.28. The highest BCUT2D eigenvalue weighted by atomic mass is 16.3. The Labute approximate surface area is 104 Å². The van der Waals surface area contributed by atoms with E-state index in [-0.39, 0.29) is 18.3 Å². The number of furan rings is 1. The number of amides is 1. The summed E-state index contributed by atoms with van der Waals surface area (Å²) in [5.74, 6) is 0.746. The lowest BCUT2D eigenvalue weighted by Crippen LogP contribution is -2.10. The van der Waals surface area contributed by atoms with Crippen molar-refractivity contribution in [3.05, 3.63) is 36.0 Å². The van der Waals surface area contributed by atoms with E-state index < -0.39 is 0 Å². The van der Waals surface area contributed by atoms with Crippen LogP contribution in [0.2, 0.25) is 0 Å². The fourth-order valence-corrected chi connectivity index (χ4v) is 1.54. The largest absolute Gasteiger partial charge is 0.456 e. The average Bonchev–Trinajstić information content (AvgIpc) is 2.98. The van der Waals surface area contributed by atoms with E-state index >= 15 is 0 Å². The molecule has 0 saturated carbocycles. The molecule has 2 heterocycles. The summed E-state index contributed by atoms with van der Waals surface area (Å²) >= 11 is 0. The summed E-state index contributed by atoms with van der Waals surface area (Å²) in [7, 11) is 0. The van der Waals surface area contributed by atoms with Crippen LogP contribution in [0.4, 0.5) is 5.69 Å². The number of aliphatic hydroxyl groups excluding tert-OH is 1. The van der Waals surface area contributed by atoms with Crippen LogP contribution >= 0.6 is 0 Å². The lowest BCUT2D eigenvalue weighted by atomic mass is 10.3. The van der Waals surface area contributed by atoms with Gasteiger partial charge in [-0.15, -0.1) is 0 Å². The van der Waals surface area contributed by atoms with E-state index in [2.05, 4.69) is 10.4 Å². The summed E-state index contributed by atoms with van der Waals surface area (Å²) in [5, 5.41) is 15.4. The maximum Gasteiger partial charge on any atom is 0.291 e. The molecule has 18 heavy (non-hydrogen) atoms. The summed E-state index contributed by atoms with van der Waals surface area (Å²) in [6.07, 6.45) is 3.93.